The van der Waals surface area contributed by atoms with Crippen LogP contribution in [0.3, 0.4) is 0 Å². The molecule has 0 aliphatic heterocycles. The fourth-order valence-corrected chi connectivity index (χ4v) is 0.787. The Hall–Kier alpha value is -0.770. The van der Waals surface area contributed by atoms with Gasteiger partial charge >= 0.3 is 6.09 Å². The highest BCUT2D eigenvalue weighted by Gasteiger charge is 2.11. The Morgan fingerprint density at radius 1 is 1.64 bits per heavy atom. The van der Waals surface area contributed by atoms with E-state index in [1.165, 1.54) is 0 Å². The number of aliphatic hydroxyl groups is 1. The first-order valence-electron chi connectivity index (χ1n) is 3.72. The predicted molar refractivity (Wildman–Crippen MR) is 41.5 cm³/mol. The molecule has 1 amide bonds. The smallest absolute Gasteiger partial charge is 0.404 e. The number of carbonyl (C=O) groups is 1. The second-order valence-corrected chi connectivity index (χ2v) is 2.64. The first-order valence-corrected chi connectivity index (χ1v) is 3.72. The molecule has 0 fully saturated rings. The number of hydrogen-bond donors (Lipinski definition) is 3. The molecular weight excluding hydrogens is 146 g/mol. The van der Waals surface area contributed by atoms with E-state index in [9.17, 15) is 9.90 Å². The van der Waals surface area contributed by atoms with E-state index in [2.05, 4.69) is 5.32 Å². The summed E-state index contributed by atoms with van der Waals surface area (Å²) in [6.45, 7) is 3.98. The minimum absolute atomic E-state index is 0.0175. The molecule has 2 unspecified atom stereocenters. The van der Waals surface area contributed by atoms with Crippen molar-refractivity contribution in [3.63, 3.8) is 0 Å². The molecule has 0 aromatic heterocycles. The molecule has 0 spiro atoms. The molecule has 3 N–H and O–H groups in total. The number of nitrogens with one attached hydrogen (secondary N) is 1. The highest BCUT2D eigenvalue weighted by molar-refractivity contribution is 5.64. The summed E-state index contributed by atoms with van der Waals surface area (Å²) in [6.07, 6.45) is -0.801. The minimum Gasteiger partial charge on any atom is -0.465 e. The lowest BCUT2D eigenvalue weighted by atomic mass is 10.0. The molecule has 0 aliphatic carbocycles. The van der Waals surface area contributed by atoms with Crippen LogP contribution in [0.5, 0.6) is 0 Å². The molecule has 2 atom stereocenters. The largest absolute Gasteiger partial charge is 0.465 e. The molecule has 66 valence electrons. The van der Waals surface area contributed by atoms with Crippen LogP contribution in [-0.4, -0.2) is 29.0 Å². The van der Waals surface area contributed by atoms with Gasteiger partial charge in [-0.05, 0) is 12.3 Å². The van der Waals surface area contributed by atoms with E-state index in [0.717, 1.165) is 0 Å². The lowest BCUT2D eigenvalue weighted by Crippen LogP contribution is -2.32. The molecule has 0 aromatic rings. The van der Waals surface area contributed by atoms with Gasteiger partial charge in [0.05, 0.1) is 6.10 Å². The summed E-state index contributed by atoms with van der Waals surface area (Å²) in [7, 11) is 0. The first-order chi connectivity index (χ1) is 5.07. The van der Waals surface area contributed by atoms with Crippen LogP contribution >= 0.6 is 0 Å². The van der Waals surface area contributed by atoms with Gasteiger partial charge < -0.3 is 15.5 Å². The van der Waals surface area contributed by atoms with E-state index >= 15 is 0 Å². The zero-order valence-corrected chi connectivity index (χ0v) is 6.87. The summed E-state index contributed by atoms with van der Waals surface area (Å²) in [5.74, 6) is -0.0175. The Bertz CT molecular complexity index is 127. The van der Waals surface area contributed by atoms with Gasteiger partial charge in [0, 0.05) is 6.54 Å². The van der Waals surface area contributed by atoms with Crippen LogP contribution < -0.4 is 5.32 Å². The van der Waals surface area contributed by atoms with Crippen molar-refractivity contribution in [3.8, 4) is 0 Å². The Kier molecular flexibility index (Phi) is 4.61. The molecule has 0 heterocycles. The van der Waals surface area contributed by atoms with E-state index < -0.39 is 12.2 Å². The van der Waals surface area contributed by atoms with E-state index in [-0.39, 0.29) is 5.92 Å². The van der Waals surface area contributed by atoms with Crippen LogP contribution in [0.1, 0.15) is 20.3 Å². The summed E-state index contributed by atoms with van der Waals surface area (Å²) in [4.78, 5) is 10.0. The second-order valence-electron chi connectivity index (χ2n) is 2.64. The van der Waals surface area contributed by atoms with E-state index in [1.54, 1.807) is 0 Å². The maximum absolute atomic E-state index is 10.0. The van der Waals surface area contributed by atoms with Crippen LogP contribution in [0, 0.1) is 5.92 Å². The van der Waals surface area contributed by atoms with Gasteiger partial charge in [-0.3, -0.25) is 0 Å². The maximum atomic E-state index is 10.0. The van der Waals surface area contributed by atoms with E-state index in [0.29, 0.717) is 13.0 Å². The monoisotopic (exact) mass is 161 g/mol. The maximum Gasteiger partial charge on any atom is 0.404 e. The van der Waals surface area contributed by atoms with Crippen molar-refractivity contribution in [3.05, 3.63) is 0 Å². The summed E-state index contributed by atoms with van der Waals surface area (Å²) in [5, 5.41) is 19.6. The average Bonchev–Trinajstić information content (AvgIpc) is 1.98. The Balaban J connectivity index is 3.51. The second kappa shape index (κ2) is 4.96. The number of hydrogen-bond acceptors (Lipinski definition) is 2. The third kappa shape index (κ3) is 4.61. The standard InChI is InChI=1S/C7H15NO3/c1-3-6(9)5(2)4-8-7(10)11/h5-6,8-9H,3-4H2,1-2H3,(H,10,11). The van der Waals surface area contributed by atoms with Gasteiger partial charge in [0.2, 0.25) is 0 Å². The molecule has 0 bridgehead atoms. The molecule has 0 saturated carbocycles. The van der Waals surface area contributed by atoms with Crippen LogP contribution in [0.2, 0.25) is 0 Å². The SMILES string of the molecule is CCC(O)C(C)CNC(=O)O. The minimum atomic E-state index is -1.04. The van der Waals surface area contributed by atoms with Gasteiger partial charge in [0.15, 0.2) is 0 Å². The number of rotatable bonds is 4. The Morgan fingerprint density at radius 2 is 2.18 bits per heavy atom. The molecule has 0 radical (unpaired) electrons. The zero-order chi connectivity index (χ0) is 8.85. The van der Waals surface area contributed by atoms with Crippen molar-refractivity contribution in [2.45, 2.75) is 26.4 Å². The normalized spacial score (nSPS) is 15.5. The van der Waals surface area contributed by atoms with Crippen molar-refractivity contribution in [2.75, 3.05) is 6.54 Å². The van der Waals surface area contributed by atoms with Crippen molar-refractivity contribution >= 4 is 6.09 Å². The Morgan fingerprint density at radius 3 is 2.55 bits per heavy atom. The zero-order valence-electron chi connectivity index (χ0n) is 6.87. The lowest BCUT2D eigenvalue weighted by molar-refractivity contribution is 0.111. The van der Waals surface area contributed by atoms with Crippen molar-refractivity contribution in [2.24, 2.45) is 5.92 Å². The van der Waals surface area contributed by atoms with Crippen molar-refractivity contribution in [1.29, 1.82) is 0 Å². The van der Waals surface area contributed by atoms with Crippen LogP contribution in [-0.2, 0) is 0 Å². The fourth-order valence-electron chi connectivity index (χ4n) is 0.787. The van der Waals surface area contributed by atoms with Gasteiger partial charge in [0.1, 0.15) is 0 Å². The van der Waals surface area contributed by atoms with Crippen LogP contribution in [0.15, 0.2) is 0 Å². The molecule has 11 heavy (non-hydrogen) atoms. The van der Waals surface area contributed by atoms with Gasteiger partial charge in [-0.25, -0.2) is 4.79 Å². The third-order valence-corrected chi connectivity index (χ3v) is 1.65. The van der Waals surface area contributed by atoms with Crippen LogP contribution in [0.4, 0.5) is 4.79 Å². The number of amides is 1. The highest BCUT2D eigenvalue weighted by atomic mass is 16.4. The first kappa shape index (κ1) is 10.2. The van der Waals surface area contributed by atoms with Crippen LogP contribution in [0.25, 0.3) is 0 Å². The van der Waals surface area contributed by atoms with Gasteiger partial charge in [-0.15, -0.1) is 0 Å². The van der Waals surface area contributed by atoms with Crippen molar-refractivity contribution in [1.82, 2.24) is 5.32 Å². The molecule has 0 aromatic carbocycles. The van der Waals surface area contributed by atoms with Gasteiger partial charge in [-0.2, -0.15) is 0 Å². The topological polar surface area (TPSA) is 69.6 Å². The molecule has 0 rings (SSSR count). The van der Waals surface area contributed by atoms with Gasteiger partial charge in [-0.1, -0.05) is 13.8 Å². The molecular formula is C7H15NO3. The summed E-state index contributed by atoms with van der Waals surface area (Å²) >= 11 is 0. The fraction of sp³-hybridized carbons (Fsp3) is 0.857. The highest BCUT2D eigenvalue weighted by Crippen LogP contribution is 2.04. The average molecular weight is 161 g/mol. The van der Waals surface area contributed by atoms with E-state index in [1.807, 2.05) is 13.8 Å². The molecule has 4 heteroatoms. The predicted octanol–water partition coefficient (Wildman–Crippen LogP) is 0.661. The van der Waals surface area contributed by atoms with Gasteiger partial charge in [0.25, 0.3) is 0 Å². The number of carboxylic acid groups (broad SMARTS) is 1. The summed E-state index contributed by atoms with van der Waals surface area (Å²) in [6, 6.07) is 0. The van der Waals surface area contributed by atoms with Crippen molar-refractivity contribution < 1.29 is 15.0 Å². The third-order valence-electron chi connectivity index (χ3n) is 1.65. The molecule has 4 nitrogen and oxygen atoms in total. The molecule has 0 saturated heterocycles. The Labute approximate surface area is 66.2 Å². The lowest BCUT2D eigenvalue weighted by Gasteiger charge is -2.16. The molecule has 0 aliphatic rings. The quantitative estimate of drug-likeness (QED) is 0.567. The number of aliphatic hydroxyl groups excluding tert-OH is 1. The summed E-state index contributed by atoms with van der Waals surface area (Å²) in [5.41, 5.74) is 0. The van der Waals surface area contributed by atoms with E-state index in [4.69, 9.17) is 5.11 Å². The summed E-state index contributed by atoms with van der Waals surface area (Å²) < 4.78 is 0.